The van der Waals surface area contributed by atoms with E-state index < -0.39 is 6.47 Å². The summed E-state index contributed by atoms with van der Waals surface area (Å²) in [5.41, 5.74) is 0. The predicted octanol–water partition coefficient (Wildman–Crippen LogP) is -2.29. The van der Waals surface area contributed by atoms with Crippen molar-refractivity contribution < 1.29 is 39.5 Å². The molecule has 0 spiro atoms. The first-order chi connectivity index (χ1) is 4.41. The predicted molar refractivity (Wildman–Crippen MR) is 33.8 cm³/mol. The molecule has 0 atom stereocenters. The van der Waals surface area contributed by atoms with Crippen molar-refractivity contribution >= 4 is 6.47 Å². The van der Waals surface area contributed by atoms with Crippen molar-refractivity contribution in [3.05, 3.63) is 0 Å². The van der Waals surface area contributed by atoms with Gasteiger partial charge in [-0.2, -0.15) is 0 Å². The largest absolute Gasteiger partial charge is 1.00 e. The molecule has 0 amide bonds. The molecule has 1 aliphatic carbocycles. The van der Waals surface area contributed by atoms with E-state index in [0.29, 0.717) is 0 Å². The van der Waals surface area contributed by atoms with Crippen molar-refractivity contribution in [3.8, 4) is 0 Å². The number of carboxylic acid groups (broad SMARTS) is 1. The quantitative estimate of drug-likeness (QED) is 0.289. The van der Waals surface area contributed by atoms with E-state index in [0.717, 1.165) is 0 Å². The van der Waals surface area contributed by atoms with Crippen LogP contribution in [-0.2, 0) is 4.79 Å². The van der Waals surface area contributed by atoms with Crippen LogP contribution >= 0.6 is 0 Å². The summed E-state index contributed by atoms with van der Waals surface area (Å²) in [6.45, 7) is -0.500. The fraction of sp³-hybridized carbons (Fsp3) is 0.857. The van der Waals surface area contributed by atoms with E-state index in [1.54, 1.807) is 0 Å². The van der Waals surface area contributed by atoms with Gasteiger partial charge in [0.25, 0.3) is 0 Å². The summed E-state index contributed by atoms with van der Waals surface area (Å²) in [4.78, 5) is 8.25. The van der Waals surface area contributed by atoms with E-state index >= 15 is 0 Å². The molecule has 1 rings (SSSR count). The van der Waals surface area contributed by atoms with Gasteiger partial charge in [-0.3, -0.25) is 0 Å². The van der Waals surface area contributed by atoms with Crippen LogP contribution in [0, 0.1) is 0 Å². The fourth-order valence-corrected chi connectivity index (χ4v) is 1.06. The van der Waals surface area contributed by atoms with Gasteiger partial charge in [0.2, 0.25) is 0 Å². The number of carbonyl (C=O) groups is 1. The summed E-state index contributed by atoms with van der Waals surface area (Å²) in [6, 6.07) is 0. The Kier molecular flexibility index (Phi) is 15.9. The molecule has 0 aromatic rings. The number of carbonyl (C=O) groups excluding carboxylic acids is 1. The summed E-state index contributed by atoms with van der Waals surface area (Å²) in [5.74, 6) is 0. The molecular formula is C7H13NaO2. The molecule has 2 nitrogen and oxygen atoms in total. The second-order valence-corrected chi connectivity index (χ2v) is 2.22. The van der Waals surface area contributed by atoms with Gasteiger partial charge in [-0.15, -0.1) is 0 Å². The Labute approximate surface area is 84.3 Å². The molecule has 0 aliphatic heterocycles. The first kappa shape index (κ1) is 13.1. The SMILES string of the molecule is C1CCCCC1.O=C[O-].[Na+]. The Morgan fingerprint density at radius 1 is 0.900 bits per heavy atom. The van der Waals surface area contributed by atoms with E-state index in [-0.39, 0.29) is 29.6 Å². The first-order valence-corrected chi connectivity index (χ1v) is 3.47. The molecule has 1 aliphatic rings. The Hall–Kier alpha value is 0.470. The van der Waals surface area contributed by atoms with Crippen molar-refractivity contribution in [2.24, 2.45) is 0 Å². The number of rotatable bonds is 0. The molecule has 54 valence electrons. The maximum absolute atomic E-state index is 8.25. The number of hydrogen-bond donors (Lipinski definition) is 0. The molecule has 0 N–H and O–H groups in total. The molecule has 3 heteroatoms. The molecule has 0 bridgehead atoms. The molecule has 1 saturated carbocycles. The summed E-state index contributed by atoms with van der Waals surface area (Å²) >= 11 is 0. The van der Waals surface area contributed by atoms with Gasteiger partial charge < -0.3 is 9.90 Å². The van der Waals surface area contributed by atoms with Gasteiger partial charge in [0, 0.05) is 6.47 Å². The zero-order valence-electron chi connectivity index (χ0n) is 6.64. The van der Waals surface area contributed by atoms with Crippen LogP contribution in [-0.4, -0.2) is 6.47 Å². The van der Waals surface area contributed by atoms with E-state index in [1.165, 1.54) is 38.5 Å². The molecule has 0 radical (unpaired) electrons. The van der Waals surface area contributed by atoms with Gasteiger partial charge >= 0.3 is 29.6 Å². The van der Waals surface area contributed by atoms with Gasteiger partial charge in [0.1, 0.15) is 0 Å². The average Bonchev–Trinajstić information content (AvgIpc) is 1.93. The summed E-state index contributed by atoms with van der Waals surface area (Å²) < 4.78 is 0. The van der Waals surface area contributed by atoms with Crippen LogP contribution in [0.3, 0.4) is 0 Å². The molecule has 0 unspecified atom stereocenters. The Balaban J connectivity index is 0. The van der Waals surface area contributed by atoms with Crippen LogP contribution in [0.1, 0.15) is 38.5 Å². The maximum atomic E-state index is 8.25. The van der Waals surface area contributed by atoms with Crippen LogP contribution in [0.4, 0.5) is 0 Å². The van der Waals surface area contributed by atoms with Crippen LogP contribution in [0.5, 0.6) is 0 Å². The van der Waals surface area contributed by atoms with Crippen LogP contribution in [0.2, 0.25) is 0 Å². The minimum Gasteiger partial charge on any atom is -0.554 e. The molecule has 10 heavy (non-hydrogen) atoms. The van der Waals surface area contributed by atoms with Gasteiger partial charge in [-0.25, -0.2) is 0 Å². The average molecular weight is 152 g/mol. The molecule has 0 saturated heterocycles. The van der Waals surface area contributed by atoms with Gasteiger partial charge in [-0.05, 0) is 0 Å². The van der Waals surface area contributed by atoms with E-state index in [9.17, 15) is 0 Å². The second-order valence-electron chi connectivity index (χ2n) is 2.22. The maximum Gasteiger partial charge on any atom is 1.00 e. The first-order valence-electron chi connectivity index (χ1n) is 3.47. The van der Waals surface area contributed by atoms with E-state index in [1.807, 2.05) is 0 Å². The van der Waals surface area contributed by atoms with Crippen molar-refractivity contribution in [3.63, 3.8) is 0 Å². The van der Waals surface area contributed by atoms with Gasteiger partial charge in [0.15, 0.2) is 0 Å². The minimum atomic E-state index is -0.500. The molecule has 0 aromatic carbocycles. The van der Waals surface area contributed by atoms with E-state index in [4.69, 9.17) is 9.90 Å². The third-order valence-corrected chi connectivity index (χ3v) is 1.50. The van der Waals surface area contributed by atoms with Crippen molar-refractivity contribution in [1.82, 2.24) is 0 Å². The van der Waals surface area contributed by atoms with E-state index in [2.05, 4.69) is 0 Å². The van der Waals surface area contributed by atoms with Crippen molar-refractivity contribution in [1.29, 1.82) is 0 Å². The second kappa shape index (κ2) is 12.2. The van der Waals surface area contributed by atoms with Crippen LogP contribution in [0.25, 0.3) is 0 Å². The monoisotopic (exact) mass is 152 g/mol. The van der Waals surface area contributed by atoms with Crippen LogP contribution in [0.15, 0.2) is 0 Å². The Morgan fingerprint density at radius 2 is 1.00 bits per heavy atom. The van der Waals surface area contributed by atoms with Crippen molar-refractivity contribution in [2.75, 3.05) is 0 Å². The van der Waals surface area contributed by atoms with Crippen LogP contribution < -0.4 is 34.7 Å². The third kappa shape index (κ3) is 11.3. The smallest absolute Gasteiger partial charge is 0.554 e. The zero-order chi connectivity index (χ0) is 6.95. The molecular weight excluding hydrogens is 139 g/mol. The normalized spacial score (nSPS) is 15.6. The summed E-state index contributed by atoms with van der Waals surface area (Å²) in [6.07, 6.45) is 9.00. The Morgan fingerprint density at radius 3 is 1.10 bits per heavy atom. The van der Waals surface area contributed by atoms with Gasteiger partial charge in [0.05, 0.1) is 0 Å². The minimum absolute atomic E-state index is 0. The zero-order valence-corrected chi connectivity index (χ0v) is 8.64. The third-order valence-electron chi connectivity index (χ3n) is 1.50. The molecule has 0 heterocycles. The van der Waals surface area contributed by atoms with Crippen molar-refractivity contribution in [2.45, 2.75) is 38.5 Å². The number of hydrogen-bond acceptors (Lipinski definition) is 2. The molecule has 0 aromatic heterocycles. The Bertz CT molecular complexity index is 51.1. The topological polar surface area (TPSA) is 40.1 Å². The molecule has 1 fully saturated rings. The summed E-state index contributed by atoms with van der Waals surface area (Å²) in [7, 11) is 0. The fourth-order valence-electron chi connectivity index (χ4n) is 1.06. The standard InChI is InChI=1S/C6H12.CH2O2.Na/c1-2-4-6-5-3-1;2-1-3;/h1-6H2;1H,(H,2,3);/q;;+1/p-1. The van der Waals surface area contributed by atoms with Gasteiger partial charge in [-0.1, -0.05) is 38.5 Å². The summed E-state index contributed by atoms with van der Waals surface area (Å²) in [5, 5.41) is 8.25.